The van der Waals surface area contributed by atoms with E-state index in [1.165, 1.54) is 44.4 Å². The number of nitrogens with zero attached hydrogens (tertiary/aromatic N) is 1. The molecule has 6 rings (SSSR count). The third kappa shape index (κ3) is 2.31. The Hall–Kier alpha value is -3.39. The van der Waals surface area contributed by atoms with Gasteiger partial charge in [0.25, 0.3) is 0 Å². The van der Waals surface area contributed by atoms with Crippen molar-refractivity contribution in [2.75, 3.05) is 0 Å². The number of para-hydroxylation sites is 2. The summed E-state index contributed by atoms with van der Waals surface area (Å²) in [6, 6.07) is 30.2. The standard InChI is InChI=1S/C26H20N2/c1-2-8-17(9-3-1)26-25(20-11-5-7-13-23(20)28-26)19-14-15-24-21(19)16-18-10-4-6-12-22(18)27-24/h1-13,16,19,28H,14-15H2. The van der Waals surface area contributed by atoms with Gasteiger partial charge >= 0.3 is 0 Å². The molecule has 0 saturated heterocycles. The van der Waals surface area contributed by atoms with Crippen molar-refractivity contribution in [3.05, 3.63) is 102 Å². The fourth-order valence-corrected chi connectivity index (χ4v) is 4.77. The van der Waals surface area contributed by atoms with Crippen LogP contribution in [-0.2, 0) is 6.42 Å². The molecule has 0 aliphatic heterocycles. The summed E-state index contributed by atoms with van der Waals surface area (Å²) in [4.78, 5) is 8.69. The van der Waals surface area contributed by atoms with Gasteiger partial charge in [-0.2, -0.15) is 0 Å². The number of hydrogen-bond donors (Lipinski definition) is 1. The quantitative estimate of drug-likeness (QED) is 0.384. The highest BCUT2D eigenvalue weighted by molar-refractivity contribution is 5.92. The summed E-state index contributed by atoms with van der Waals surface area (Å²) in [5.74, 6) is 0.374. The number of benzene rings is 3. The Kier molecular flexibility index (Phi) is 3.39. The molecule has 0 bridgehead atoms. The van der Waals surface area contributed by atoms with Crippen LogP contribution in [0.15, 0.2) is 84.9 Å². The molecule has 1 aliphatic carbocycles. The molecule has 1 atom stereocenters. The second-order valence-electron chi connectivity index (χ2n) is 7.63. The average molecular weight is 360 g/mol. The number of H-pyrrole nitrogens is 1. The molecule has 1 N–H and O–H groups in total. The highest BCUT2D eigenvalue weighted by atomic mass is 14.7. The molecule has 134 valence electrons. The first-order valence-corrected chi connectivity index (χ1v) is 9.93. The van der Waals surface area contributed by atoms with E-state index in [9.17, 15) is 0 Å². The lowest BCUT2D eigenvalue weighted by Gasteiger charge is -2.15. The molecule has 28 heavy (non-hydrogen) atoms. The Bertz CT molecular complexity index is 1310. The fourth-order valence-electron chi connectivity index (χ4n) is 4.77. The molecule has 1 unspecified atom stereocenters. The van der Waals surface area contributed by atoms with E-state index in [1.54, 1.807) is 0 Å². The largest absolute Gasteiger partial charge is 0.354 e. The minimum absolute atomic E-state index is 0.374. The highest BCUT2D eigenvalue weighted by Crippen LogP contribution is 2.45. The van der Waals surface area contributed by atoms with E-state index in [2.05, 4.69) is 89.9 Å². The molecular formula is C26H20N2. The van der Waals surface area contributed by atoms with Gasteiger partial charge in [-0.3, -0.25) is 4.98 Å². The van der Waals surface area contributed by atoms with E-state index in [-0.39, 0.29) is 0 Å². The van der Waals surface area contributed by atoms with Gasteiger partial charge in [-0.15, -0.1) is 0 Å². The maximum absolute atomic E-state index is 4.99. The monoisotopic (exact) mass is 360 g/mol. The minimum atomic E-state index is 0.374. The molecule has 2 heterocycles. The van der Waals surface area contributed by atoms with Crippen LogP contribution in [-0.4, -0.2) is 9.97 Å². The van der Waals surface area contributed by atoms with E-state index in [4.69, 9.17) is 4.98 Å². The first-order chi connectivity index (χ1) is 13.9. The summed E-state index contributed by atoms with van der Waals surface area (Å²) in [5, 5.41) is 2.56. The molecule has 2 nitrogen and oxygen atoms in total. The number of rotatable bonds is 2. The first kappa shape index (κ1) is 15.6. The average Bonchev–Trinajstić information content (AvgIpc) is 3.33. The van der Waals surface area contributed by atoms with Gasteiger partial charge in [0.15, 0.2) is 0 Å². The SMILES string of the molecule is c1ccc(-c2[nH]c3ccccc3c2C2CCc3nc4ccccc4cc32)cc1. The number of aromatic nitrogens is 2. The normalized spacial score (nSPS) is 15.9. The predicted octanol–water partition coefficient (Wildman–Crippen LogP) is 6.46. The molecule has 5 aromatic rings. The van der Waals surface area contributed by atoms with Gasteiger partial charge in [0, 0.05) is 27.9 Å². The molecule has 2 heteroatoms. The smallest absolute Gasteiger partial charge is 0.0705 e. The van der Waals surface area contributed by atoms with Crippen molar-refractivity contribution in [2.24, 2.45) is 0 Å². The van der Waals surface area contributed by atoms with Gasteiger partial charge in [0.05, 0.1) is 11.2 Å². The van der Waals surface area contributed by atoms with E-state index < -0.39 is 0 Å². The number of hydrogen-bond acceptors (Lipinski definition) is 1. The van der Waals surface area contributed by atoms with Crippen molar-refractivity contribution < 1.29 is 0 Å². The zero-order valence-electron chi connectivity index (χ0n) is 15.5. The van der Waals surface area contributed by atoms with Crippen LogP contribution >= 0.6 is 0 Å². The number of fused-ring (bicyclic) bond motifs is 3. The summed E-state index contributed by atoms with van der Waals surface area (Å²) in [5.41, 5.74) is 8.86. The number of aromatic amines is 1. The Morgan fingerprint density at radius 2 is 1.61 bits per heavy atom. The highest BCUT2D eigenvalue weighted by Gasteiger charge is 2.30. The second kappa shape index (κ2) is 6.07. The number of aryl methyl sites for hydroxylation is 1. The van der Waals surface area contributed by atoms with Crippen LogP contribution in [0.3, 0.4) is 0 Å². The summed E-state index contributed by atoms with van der Waals surface area (Å²) in [6.45, 7) is 0. The zero-order valence-corrected chi connectivity index (χ0v) is 15.5. The Morgan fingerprint density at radius 3 is 2.54 bits per heavy atom. The molecular weight excluding hydrogens is 340 g/mol. The summed E-state index contributed by atoms with van der Waals surface area (Å²) in [6.07, 6.45) is 2.15. The Balaban J connectivity index is 1.62. The maximum Gasteiger partial charge on any atom is 0.0705 e. The second-order valence-corrected chi connectivity index (χ2v) is 7.63. The molecule has 0 fully saturated rings. The van der Waals surface area contributed by atoms with Gasteiger partial charge in [0.2, 0.25) is 0 Å². The van der Waals surface area contributed by atoms with Gasteiger partial charge in [-0.05, 0) is 47.7 Å². The van der Waals surface area contributed by atoms with Crippen molar-refractivity contribution in [2.45, 2.75) is 18.8 Å². The molecule has 0 spiro atoms. The first-order valence-electron chi connectivity index (χ1n) is 9.93. The fraction of sp³-hybridized carbons (Fsp3) is 0.115. The van der Waals surface area contributed by atoms with Gasteiger partial charge in [-0.25, -0.2) is 0 Å². The van der Waals surface area contributed by atoms with Crippen LogP contribution in [0.4, 0.5) is 0 Å². The molecule has 0 amide bonds. The lowest BCUT2D eigenvalue weighted by Crippen LogP contribution is -1.99. The molecule has 0 radical (unpaired) electrons. The van der Waals surface area contributed by atoms with E-state index in [0.29, 0.717) is 5.92 Å². The Morgan fingerprint density at radius 1 is 0.821 bits per heavy atom. The van der Waals surface area contributed by atoms with Crippen molar-refractivity contribution >= 4 is 21.8 Å². The van der Waals surface area contributed by atoms with Crippen molar-refractivity contribution in [1.82, 2.24) is 9.97 Å². The van der Waals surface area contributed by atoms with E-state index >= 15 is 0 Å². The molecule has 2 aromatic heterocycles. The summed E-state index contributed by atoms with van der Waals surface area (Å²) < 4.78 is 0. The Labute approximate surface area is 163 Å². The van der Waals surface area contributed by atoms with Crippen LogP contribution < -0.4 is 0 Å². The lowest BCUT2D eigenvalue weighted by atomic mass is 9.89. The van der Waals surface area contributed by atoms with Crippen molar-refractivity contribution in [1.29, 1.82) is 0 Å². The van der Waals surface area contributed by atoms with Crippen LogP contribution in [0, 0.1) is 0 Å². The molecule has 3 aromatic carbocycles. The predicted molar refractivity (Wildman–Crippen MR) is 116 cm³/mol. The van der Waals surface area contributed by atoms with Crippen LogP contribution in [0.5, 0.6) is 0 Å². The van der Waals surface area contributed by atoms with Crippen molar-refractivity contribution in [3.63, 3.8) is 0 Å². The third-order valence-electron chi connectivity index (χ3n) is 6.04. The van der Waals surface area contributed by atoms with Crippen LogP contribution in [0.1, 0.15) is 29.2 Å². The third-order valence-corrected chi connectivity index (χ3v) is 6.04. The van der Waals surface area contributed by atoms with Crippen LogP contribution in [0.2, 0.25) is 0 Å². The molecule has 1 aliphatic rings. The lowest BCUT2D eigenvalue weighted by molar-refractivity contribution is 0.793. The van der Waals surface area contributed by atoms with Crippen LogP contribution in [0.25, 0.3) is 33.1 Å². The van der Waals surface area contributed by atoms with Crippen molar-refractivity contribution in [3.8, 4) is 11.3 Å². The van der Waals surface area contributed by atoms with Gasteiger partial charge in [-0.1, -0.05) is 66.7 Å². The topological polar surface area (TPSA) is 28.7 Å². The minimum Gasteiger partial charge on any atom is -0.354 e. The zero-order chi connectivity index (χ0) is 18.5. The van der Waals surface area contributed by atoms with Gasteiger partial charge < -0.3 is 4.98 Å². The van der Waals surface area contributed by atoms with Gasteiger partial charge in [0.1, 0.15) is 0 Å². The summed E-state index contributed by atoms with van der Waals surface area (Å²) in [7, 11) is 0. The number of pyridine rings is 1. The molecule has 0 saturated carbocycles. The number of nitrogens with one attached hydrogen (secondary N) is 1. The van der Waals surface area contributed by atoms with E-state index in [1.807, 2.05) is 0 Å². The maximum atomic E-state index is 4.99. The summed E-state index contributed by atoms with van der Waals surface area (Å²) >= 11 is 0. The van der Waals surface area contributed by atoms with E-state index in [0.717, 1.165) is 18.4 Å².